The molecule has 0 saturated carbocycles. The van der Waals surface area contributed by atoms with Gasteiger partial charge in [0.1, 0.15) is 0 Å². The molecule has 3 aliphatic rings. The van der Waals surface area contributed by atoms with E-state index in [0.717, 1.165) is 51.2 Å². The standard InChI is InChI=1S/C24H32N4O5S/c1-32-13-5-10-26-9-4-6-18(16-26)28-23-19-7-2-3-8-21(19)34(30,31)17-20(23)22(25-28)24(29)27-11-14-33-15-12-27/h2-3,7-8,18H,4-6,9-17H2,1H3. The number of piperidine rings is 1. The summed E-state index contributed by atoms with van der Waals surface area (Å²) in [6.45, 7) is 5.44. The number of fused-ring (bicyclic) bond motifs is 3. The van der Waals surface area contributed by atoms with Gasteiger partial charge in [0.2, 0.25) is 0 Å². The number of ether oxygens (including phenoxy) is 2. The summed E-state index contributed by atoms with van der Waals surface area (Å²) in [5.41, 5.74) is 2.23. The maximum absolute atomic E-state index is 13.5. The van der Waals surface area contributed by atoms with Crippen molar-refractivity contribution in [3.63, 3.8) is 0 Å². The second kappa shape index (κ2) is 9.77. The molecule has 10 heteroatoms. The molecule has 0 N–H and O–H groups in total. The van der Waals surface area contributed by atoms with Crippen molar-refractivity contribution in [3.8, 4) is 11.3 Å². The van der Waals surface area contributed by atoms with E-state index >= 15 is 0 Å². The van der Waals surface area contributed by atoms with Gasteiger partial charge in [0, 0.05) is 51.0 Å². The number of carbonyl (C=O) groups is 1. The zero-order chi connectivity index (χ0) is 23.7. The van der Waals surface area contributed by atoms with Gasteiger partial charge in [-0.3, -0.25) is 9.48 Å². The molecule has 5 rings (SSSR count). The van der Waals surface area contributed by atoms with Crippen LogP contribution in [0.4, 0.5) is 0 Å². The van der Waals surface area contributed by atoms with Gasteiger partial charge in [-0.2, -0.15) is 5.10 Å². The highest BCUT2D eigenvalue weighted by molar-refractivity contribution is 7.90. The summed E-state index contributed by atoms with van der Waals surface area (Å²) >= 11 is 0. The largest absolute Gasteiger partial charge is 0.385 e. The van der Waals surface area contributed by atoms with Gasteiger partial charge in [0.15, 0.2) is 15.5 Å². The molecule has 9 nitrogen and oxygen atoms in total. The molecule has 1 aromatic heterocycles. The number of amides is 1. The molecule has 3 aliphatic heterocycles. The lowest BCUT2D eigenvalue weighted by molar-refractivity contribution is 0.0297. The summed E-state index contributed by atoms with van der Waals surface area (Å²) in [7, 11) is -1.84. The molecular formula is C24H32N4O5S. The molecule has 1 unspecified atom stereocenters. The average Bonchev–Trinajstić information content (AvgIpc) is 3.23. The number of nitrogens with zero attached hydrogens (tertiary/aromatic N) is 4. The highest BCUT2D eigenvalue weighted by atomic mass is 32.2. The van der Waals surface area contributed by atoms with E-state index in [0.29, 0.717) is 42.3 Å². The summed E-state index contributed by atoms with van der Waals surface area (Å²) in [5, 5.41) is 4.85. The Balaban J connectivity index is 1.56. The Labute approximate surface area is 200 Å². The van der Waals surface area contributed by atoms with Crippen LogP contribution in [0.25, 0.3) is 11.3 Å². The van der Waals surface area contributed by atoms with E-state index in [1.54, 1.807) is 24.1 Å². The van der Waals surface area contributed by atoms with Crippen LogP contribution in [0.5, 0.6) is 0 Å². The van der Waals surface area contributed by atoms with Crippen LogP contribution >= 0.6 is 0 Å². The quantitative estimate of drug-likeness (QED) is 0.574. The first kappa shape index (κ1) is 23.5. The Morgan fingerprint density at radius 3 is 2.79 bits per heavy atom. The third kappa shape index (κ3) is 4.39. The molecule has 184 valence electrons. The van der Waals surface area contributed by atoms with Gasteiger partial charge in [-0.25, -0.2) is 8.42 Å². The smallest absolute Gasteiger partial charge is 0.274 e. The molecule has 0 aliphatic carbocycles. The van der Waals surface area contributed by atoms with E-state index < -0.39 is 9.84 Å². The van der Waals surface area contributed by atoms with Crippen LogP contribution in [0, 0.1) is 0 Å². The second-order valence-electron chi connectivity index (χ2n) is 9.22. The van der Waals surface area contributed by atoms with E-state index in [4.69, 9.17) is 14.6 Å². The van der Waals surface area contributed by atoms with Crippen molar-refractivity contribution in [2.24, 2.45) is 0 Å². The van der Waals surface area contributed by atoms with E-state index in [1.807, 2.05) is 16.8 Å². The fourth-order valence-electron chi connectivity index (χ4n) is 5.31. The van der Waals surface area contributed by atoms with Crippen LogP contribution in [0.3, 0.4) is 0 Å². The van der Waals surface area contributed by atoms with Crippen LogP contribution in [0.2, 0.25) is 0 Å². The van der Waals surface area contributed by atoms with Gasteiger partial charge in [-0.1, -0.05) is 18.2 Å². The zero-order valence-corrected chi connectivity index (χ0v) is 20.4. The fraction of sp³-hybridized carbons (Fsp3) is 0.583. The topological polar surface area (TPSA) is 94.0 Å². The third-order valence-corrected chi connectivity index (χ3v) is 8.67. The molecule has 2 aromatic rings. The number of benzene rings is 1. The number of carbonyl (C=O) groups excluding carboxylic acids is 1. The average molecular weight is 489 g/mol. The van der Waals surface area contributed by atoms with Crippen molar-refractivity contribution in [3.05, 3.63) is 35.5 Å². The zero-order valence-electron chi connectivity index (χ0n) is 19.6. The van der Waals surface area contributed by atoms with Gasteiger partial charge in [-0.05, 0) is 31.9 Å². The van der Waals surface area contributed by atoms with Gasteiger partial charge in [0.25, 0.3) is 5.91 Å². The van der Waals surface area contributed by atoms with E-state index in [2.05, 4.69) is 4.90 Å². The van der Waals surface area contributed by atoms with Crippen molar-refractivity contribution in [1.29, 1.82) is 0 Å². The number of aromatic nitrogens is 2. The Bertz CT molecular complexity index is 1160. The SMILES string of the molecule is COCCCN1CCCC(n2nc(C(=O)N3CCOCC3)c3c2-c2ccccc2S(=O)(=O)C3)C1. The summed E-state index contributed by atoms with van der Waals surface area (Å²) in [6, 6.07) is 7.17. The molecular weight excluding hydrogens is 456 g/mol. The fourth-order valence-corrected chi connectivity index (χ4v) is 6.91. The molecule has 1 aromatic carbocycles. The van der Waals surface area contributed by atoms with E-state index in [1.165, 1.54) is 0 Å². The predicted molar refractivity (Wildman–Crippen MR) is 126 cm³/mol. The number of likely N-dealkylation sites (tertiary alicyclic amines) is 1. The summed E-state index contributed by atoms with van der Waals surface area (Å²) in [6.07, 6.45) is 2.93. The summed E-state index contributed by atoms with van der Waals surface area (Å²) < 4.78 is 38.9. The molecule has 1 atom stereocenters. The number of methoxy groups -OCH3 is 1. The highest BCUT2D eigenvalue weighted by Gasteiger charge is 2.38. The van der Waals surface area contributed by atoms with Gasteiger partial charge in [-0.15, -0.1) is 0 Å². The maximum atomic E-state index is 13.5. The second-order valence-corrected chi connectivity index (χ2v) is 11.2. The lowest BCUT2D eigenvalue weighted by Gasteiger charge is -2.34. The highest BCUT2D eigenvalue weighted by Crippen LogP contribution is 2.41. The Morgan fingerprint density at radius 1 is 1.21 bits per heavy atom. The van der Waals surface area contributed by atoms with Crippen LogP contribution in [-0.2, 0) is 25.1 Å². The van der Waals surface area contributed by atoms with Gasteiger partial charge in [0.05, 0.1) is 35.6 Å². The lowest BCUT2D eigenvalue weighted by Crippen LogP contribution is -2.41. The number of hydrogen-bond donors (Lipinski definition) is 0. The van der Waals surface area contributed by atoms with Gasteiger partial charge < -0.3 is 19.3 Å². The summed E-state index contributed by atoms with van der Waals surface area (Å²) in [5.74, 6) is -0.407. The lowest BCUT2D eigenvalue weighted by atomic mass is 10.0. The Morgan fingerprint density at radius 2 is 2.00 bits per heavy atom. The molecule has 1 amide bonds. The van der Waals surface area contributed by atoms with Crippen molar-refractivity contribution in [2.75, 3.05) is 59.7 Å². The molecule has 4 heterocycles. The Kier molecular flexibility index (Phi) is 6.74. The molecule has 2 fully saturated rings. The number of rotatable bonds is 6. The monoisotopic (exact) mass is 488 g/mol. The number of hydrogen-bond acceptors (Lipinski definition) is 7. The van der Waals surface area contributed by atoms with Crippen molar-refractivity contribution in [2.45, 2.75) is 36.0 Å². The van der Waals surface area contributed by atoms with Gasteiger partial charge >= 0.3 is 0 Å². The number of morpholine rings is 1. The van der Waals surface area contributed by atoms with Crippen LogP contribution in [0.1, 0.15) is 41.4 Å². The first-order chi connectivity index (χ1) is 16.5. The van der Waals surface area contributed by atoms with Crippen molar-refractivity contribution in [1.82, 2.24) is 19.6 Å². The minimum absolute atomic E-state index is 0.0742. The normalized spacial score (nSPS) is 22.3. The van der Waals surface area contributed by atoms with Crippen molar-refractivity contribution >= 4 is 15.7 Å². The minimum Gasteiger partial charge on any atom is -0.385 e. The minimum atomic E-state index is -3.56. The predicted octanol–water partition coefficient (Wildman–Crippen LogP) is 1.98. The first-order valence-corrected chi connectivity index (χ1v) is 13.7. The van der Waals surface area contributed by atoms with E-state index in [9.17, 15) is 13.2 Å². The van der Waals surface area contributed by atoms with Crippen molar-refractivity contribution < 1.29 is 22.7 Å². The van der Waals surface area contributed by atoms with E-state index in [-0.39, 0.29) is 23.4 Å². The van der Waals surface area contributed by atoms with Crippen LogP contribution in [-0.4, -0.2) is 93.6 Å². The molecule has 0 bridgehead atoms. The number of sulfone groups is 1. The van der Waals surface area contributed by atoms with Crippen LogP contribution in [0.15, 0.2) is 29.2 Å². The van der Waals surface area contributed by atoms with Crippen LogP contribution < -0.4 is 0 Å². The molecule has 2 saturated heterocycles. The molecule has 0 spiro atoms. The molecule has 34 heavy (non-hydrogen) atoms. The summed E-state index contributed by atoms with van der Waals surface area (Å²) in [4.78, 5) is 18.0. The molecule has 0 radical (unpaired) electrons. The first-order valence-electron chi connectivity index (χ1n) is 12.0. The maximum Gasteiger partial charge on any atom is 0.274 e. The third-order valence-electron chi connectivity index (χ3n) is 6.97. The Hall–Kier alpha value is -2.27.